The van der Waals surface area contributed by atoms with Crippen molar-refractivity contribution >= 4 is 17.6 Å². The van der Waals surface area contributed by atoms with Crippen LogP contribution in [0.5, 0.6) is 0 Å². The summed E-state index contributed by atoms with van der Waals surface area (Å²) in [5.74, 6) is 4.93. The molecule has 1 unspecified atom stereocenters. The maximum absolute atomic E-state index is 4.75. The number of rotatable bonds is 2. The number of aromatic nitrogens is 2. The van der Waals surface area contributed by atoms with Crippen LogP contribution in [0.2, 0.25) is 0 Å². The zero-order valence-corrected chi connectivity index (χ0v) is 12.6. The summed E-state index contributed by atoms with van der Waals surface area (Å²) in [4.78, 5) is 11.7. The van der Waals surface area contributed by atoms with E-state index in [0.717, 1.165) is 23.9 Å². The molecule has 0 radical (unpaired) electrons. The monoisotopic (exact) mass is 265 g/mol. The fourth-order valence-electron chi connectivity index (χ4n) is 2.22. The van der Waals surface area contributed by atoms with Gasteiger partial charge in [0, 0.05) is 36.0 Å². The zero-order valence-electron chi connectivity index (χ0n) is 11.8. The lowest BCUT2D eigenvalue weighted by Gasteiger charge is -2.28. The highest BCUT2D eigenvalue weighted by molar-refractivity contribution is 7.99. The Balaban J connectivity index is 2.30. The van der Waals surface area contributed by atoms with E-state index in [4.69, 9.17) is 4.98 Å². The molecule has 1 fully saturated rings. The Labute approximate surface area is 114 Å². The van der Waals surface area contributed by atoms with E-state index in [-0.39, 0.29) is 0 Å². The summed E-state index contributed by atoms with van der Waals surface area (Å²) in [5.41, 5.74) is 1.08. The van der Waals surface area contributed by atoms with Gasteiger partial charge in [0.15, 0.2) is 0 Å². The third-order valence-electron chi connectivity index (χ3n) is 3.36. The summed E-state index contributed by atoms with van der Waals surface area (Å²) in [6.45, 7) is 9.77. The number of hydrogen-bond donors (Lipinski definition) is 0. The molecule has 18 heavy (non-hydrogen) atoms. The molecule has 0 bridgehead atoms. The lowest BCUT2D eigenvalue weighted by Crippen LogP contribution is -2.34. The highest BCUT2D eigenvalue weighted by Crippen LogP contribution is 2.23. The van der Waals surface area contributed by atoms with Gasteiger partial charge >= 0.3 is 0 Å². The Hall–Kier alpha value is -0.770. The number of anilines is 1. The molecule has 1 saturated heterocycles. The van der Waals surface area contributed by atoms with Crippen molar-refractivity contribution in [2.75, 3.05) is 23.0 Å². The SMILES string of the molecule is Cc1cc(N2CCSCCC2C)nc(C(C)C)n1. The molecular formula is C14H23N3S. The number of hydrogen-bond acceptors (Lipinski definition) is 4. The van der Waals surface area contributed by atoms with Crippen molar-refractivity contribution in [1.82, 2.24) is 9.97 Å². The summed E-state index contributed by atoms with van der Waals surface area (Å²) in [5, 5.41) is 0. The molecular weight excluding hydrogens is 242 g/mol. The largest absolute Gasteiger partial charge is 0.353 e. The molecule has 0 saturated carbocycles. The Bertz CT molecular complexity index is 406. The van der Waals surface area contributed by atoms with Gasteiger partial charge in [-0.05, 0) is 26.0 Å². The van der Waals surface area contributed by atoms with E-state index >= 15 is 0 Å². The van der Waals surface area contributed by atoms with Crippen LogP contribution < -0.4 is 4.90 Å². The smallest absolute Gasteiger partial charge is 0.133 e. The topological polar surface area (TPSA) is 29.0 Å². The first-order valence-electron chi connectivity index (χ1n) is 6.78. The van der Waals surface area contributed by atoms with Gasteiger partial charge in [-0.25, -0.2) is 9.97 Å². The average molecular weight is 265 g/mol. The zero-order chi connectivity index (χ0) is 13.1. The van der Waals surface area contributed by atoms with Crippen LogP contribution in [0.15, 0.2) is 6.07 Å². The Morgan fingerprint density at radius 2 is 2.11 bits per heavy atom. The normalized spacial score (nSPS) is 21.2. The fraction of sp³-hybridized carbons (Fsp3) is 0.714. The van der Waals surface area contributed by atoms with Gasteiger partial charge in [0.25, 0.3) is 0 Å². The lowest BCUT2D eigenvalue weighted by atomic mass is 10.2. The van der Waals surface area contributed by atoms with Gasteiger partial charge in [0.2, 0.25) is 0 Å². The molecule has 2 heterocycles. The molecule has 1 aromatic rings. The van der Waals surface area contributed by atoms with Crippen molar-refractivity contribution in [3.05, 3.63) is 17.6 Å². The van der Waals surface area contributed by atoms with Crippen LogP contribution in [0.25, 0.3) is 0 Å². The van der Waals surface area contributed by atoms with Gasteiger partial charge in [-0.2, -0.15) is 11.8 Å². The Kier molecular flexibility index (Phi) is 4.49. The highest BCUT2D eigenvalue weighted by Gasteiger charge is 2.19. The van der Waals surface area contributed by atoms with Crippen molar-refractivity contribution in [3.63, 3.8) is 0 Å². The molecule has 0 spiro atoms. The minimum absolute atomic E-state index is 0.389. The first-order valence-corrected chi connectivity index (χ1v) is 7.93. The predicted octanol–water partition coefficient (Wildman–Crippen LogP) is 3.24. The van der Waals surface area contributed by atoms with Gasteiger partial charge in [-0.15, -0.1) is 0 Å². The lowest BCUT2D eigenvalue weighted by molar-refractivity contribution is 0.631. The number of thioether (sulfide) groups is 1. The quantitative estimate of drug-likeness (QED) is 0.821. The summed E-state index contributed by atoms with van der Waals surface area (Å²) in [6, 6.07) is 2.70. The molecule has 1 aromatic heterocycles. The molecule has 1 aliphatic heterocycles. The van der Waals surface area contributed by atoms with Crippen molar-refractivity contribution in [2.45, 2.75) is 46.1 Å². The third-order valence-corrected chi connectivity index (χ3v) is 4.35. The summed E-state index contributed by atoms with van der Waals surface area (Å²) >= 11 is 2.05. The second-order valence-corrected chi connectivity index (χ2v) is 6.55. The molecule has 3 nitrogen and oxygen atoms in total. The van der Waals surface area contributed by atoms with Gasteiger partial charge in [-0.1, -0.05) is 13.8 Å². The molecule has 0 N–H and O–H groups in total. The Morgan fingerprint density at radius 1 is 1.33 bits per heavy atom. The number of aryl methyl sites for hydroxylation is 1. The molecule has 0 aliphatic carbocycles. The summed E-state index contributed by atoms with van der Waals surface area (Å²) < 4.78 is 0. The van der Waals surface area contributed by atoms with Gasteiger partial charge in [0.1, 0.15) is 11.6 Å². The van der Waals surface area contributed by atoms with E-state index in [0.29, 0.717) is 12.0 Å². The van der Waals surface area contributed by atoms with Gasteiger partial charge in [0.05, 0.1) is 0 Å². The van der Waals surface area contributed by atoms with Crippen LogP contribution in [0, 0.1) is 6.92 Å². The standard InChI is InChI=1S/C14H23N3S/c1-10(2)14-15-11(3)9-13(16-14)17-6-8-18-7-5-12(17)4/h9-10,12H,5-8H2,1-4H3. The van der Waals surface area contributed by atoms with Crippen LogP contribution in [0.3, 0.4) is 0 Å². The highest BCUT2D eigenvalue weighted by atomic mass is 32.2. The maximum atomic E-state index is 4.75. The molecule has 1 atom stereocenters. The van der Waals surface area contributed by atoms with E-state index in [1.54, 1.807) is 0 Å². The van der Waals surface area contributed by atoms with Crippen molar-refractivity contribution in [1.29, 1.82) is 0 Å². The minimum atomic E-state index is 0.389. The van der Waals surface area contributed by atoms with Crippen LogP contribution in [0.4, 0.5) is 5.82 Å². The minimum Gasteiger partial charge on any atom is -0.353 e. The van der Waals surface area contributed by atoms with Gasteiger partial charge in [-0.3, -0.25) is 0 Å². The van der Waals surface area contributed by atoms with Crippen LogP contribution in [-0.4, -0.2) is 34.1 Å². The predicted molar refractivity (Wildman–Crippen MR) is 79.6 cm³/mol. The first kappa shape index (κ1) is 13.7. The molecule has 2 rings (SSSR count). The van der Waals surface area contributed by atoms with E-state index in [2.05, 4.69) is 43.6 Å². The van der Waals surface area contributed by atoms with Gasteiger partial charge < -0.3 is 4.90 Å². The van der Waals surface area contributed by atoms with E-state index < -0.39 is 0 Å². The second kappa shape index (κ2) is 5.91. The van der Waals surface area contributed by atoms with Crippen LogP contribution >= 0.6 is 11.8 Å². The van der Waals surface area contributed by atoms with Crippen molar-refractivity contribution < 1.29 is 0 Å². The second-order valence-electron chi connectivity index (χ2n) is 5.32. The van der Waals surface area contributed by atoms with E-state index in [1.165, 1.54) is 17.9 Å². The molecule has 0 aromatic carbocycles. The van der Waals surface area contributed by atoms with Crippen LogP contribution in [-0.2, 0) is 0 Å². The van der Waals surface area contributed by atoms with Crippen molar-refractivity contribution in [2.24, 2.45) is 0 Å². The molecule has 1 aliphatic rings. The van der Waals surface area contributed by atoms with Crippen LogP contribution in [0.1, 0.15) is 44.6 Å². The Morgan fingerprint density at radius 3 is 2.83 bits per heavy atom. The average Bonchev–Trinajstić information content (AvgIpc) is 2.53. The molecule has 4 heteroatoms. The third kappa shape index (κ3) is 3.16. The fourth-order valence-corrected chi connectivity index (χ4v) is 3.25. The summed E-state index contributed by atoms with van der Waals surface area (Å²) in [7, 11) is 0. The molecule has 0 amide bonds. The summed E-state index contributed by atoms with van der Waals surface area (Å²) in [6.07, 6.45) is 1.24. The van der Waals surface area contributed by atoms with Crippen molar-refractivity contribution in [3.8, 4) is 0 Å². The van der Waals surface area contributed by atoms with E-state index in [9.17, 15) is 0 Å². The number of nitrogens with zero attached hydrogens (tertiary/aromatic N) is 3. The first-order chi connectivity index (χ1) is 8.58. The van der Waals surface area contributed by atoms with E-state index in [1.807, 2.05) is 11.8 Å². The maximum Gasteiger partial charge on any atom is 0.133 e. The molecule has 100 valence electrons.